The molecule has 94 valence electrons. The van der Waals surface area contributed by atoms with Crippen molar-refractivity contribution >= 4 is 22.7 Å². The third-order valence-corrected chi connectivity index (χ3v) is 3.25. The van der Waals surface area contributed by atoms with E-state index in [1.54, 1.807) is 6.92 Å². The van der Waals surface area contributed by atoms with E-state index >= 15 is 0 Å². The first kappa shape index (κ1) is 15.1. The number of esters is 1. The molecule has 2 atom stereocenters. The van der Waals surface area contributed by atoms with Crippen LogP contribution in [0.15, 0.2) is 0 Å². The van der Waals surface area contributed by atoms with Crippen LogP contribution in [0.1, 0.15) is 33.1 Å². The fourth-order valence-corrected chi connectivity index (χ4v) is 1.87. The predicted octanol–water partition coefficient (Wildman–Crippen LogP) is 0.942. The molecular formula is C10H18O5S. The number of rotatable bonds is 8. The summed E-state index contributed by atoms with van der Waals surface area (Å²) in [6.45, 7) is 3.66. The number of carboxylic acids is 1. The van der Waals surface area contributed by atoms with Crippen LogP contribution >= 0.6 is 0 Å². The SMILES string of the molecule is CCC(C)OC(=O)CS(=O)CCCC(=O)O. The first-order valence-electron chi connectivity index (χ1n) is 5.22. The molecule has 6 heteroatoms. The molecule has 0 aliphatic heterocycles. The van der Waals surface area contributed by atoms with Crippen LogP contribution in [0.25, 0.3) is 0 Å². The zero-order chi connectivity index (χ0) is 12.6. The summed E-state index contributed by atoms with van der Waals surface area (Å²) in [5.74, 6) is -1.33. The van der Waals surface area contributed by atoms with Gasteiger partial charge in [0, 0.05) is 23.0 Å². The van der Waals surface area contributed by atoms with Gasteiger partial charge in [-0.2, -0.15) is 0 Å². The fourth-order valence-electron chi connectivity index (χ4n) is 0.930. The van der Waals surface area contributed by atoms with E-state index in [0.29, 0.717) is 6.42 Å². The molecule has 0 aromatic carbocycles. The van der Waals surface area contributed by atoms with Crippen LogP contribution in [0.5, 0.6) is 0 Å². The fraction of sp³-hybridized carbons (Fsp3) is 0.800. The molecule has 5 nitrogen and oxygen atoms in total. The third kappa shape index (κ3) is 8.40. The lowest BCUT2D eigenvalue weighted by Gasteiger charge is -2.10. The number of carbonyl (C=O) groups is 2. The Kier molecular flexibility index (Phi) is 7.80. The third-order valence-electron chi connectivity index (χ3n) is 1.95. The number of aliphatic carboxylic acids is 1. The molecule has 0 rings (SSSR count). The van der Waals surface area contributed by atoms with Gasteiger partial charge in [0.05, 0.1) is 6.10 Å². The quantitative estimate of drug-likeness (QED) is 0.648. The molecule has 0 heterocycles. The first-order chi connectivity index (χ1) is 7.45. The predicted molar refractivity (Wildman–Crippen MR) is 60.6 cm³/mol. The van der Waals surface area contributed by atoms with Crippen LogP contribution in [0.2, 0.25) is 0 Å². The average molecular weight is 250 g/mol. The second kappa shape index (κ2) is 8.27. The van der Waals surface area contributed by atoms with Gasteiger partial charge in [0.15, 0.2) is 0 Å². The lowest BCUT2D eigenvalue weighted by Crippen LogP contribution is -2.20. The molecule has 0 radical (unpaired) electrons. The van der Waals surface area contributed by atoms with Crippen LogP contribution in [0.3, 0.4) is 0 Å². The molecule has 1 N–H and O–H groups in total. The second-order valence-electron chi connectivity index (χ2n) is 3.49. The number of hydrogen-bond acceptors (Lipinski definition) is 4. The molecule has 0 amide bonds. The molecule has 0 bridgehead atoms. The highest BCUT2D eigenvalue weighted by Crippen LogP contribution is 1.99. The van der Waals surface area contributed by atoms with Gasteiger partial charge in [0.25, 0.3) is 0 Å². The minimum atomic E-state index is -1.32. The van der Waals surface area contributed by atoms with E-state index in [0.717, 1.165) is 6.42 Å². The Morgan fingerprint density at radius 3 is 2.56 bits per heavy atom. The van der Waals surface area contributed by atoms with Gasteiger partial charge in [-0.3, -0.25) is 13.8 Å². The van der Waals surface area contributed by atoms with Gasteiger partial charge in [0.2, 0.25) is 0 Å². The number of hydrogen-bond donors (Lipinski definition) is 1. The van der Waals surface area contributed by atoms with Crippen LogP contribution in [-0.2, 0) is 25.1 Å². The van der Waals surface area contributed by atoms with Crippen molar-refractivity contribution in [3.63, 3.8) is 0 Å². The summed E-state index contributed by atoms with van der Waals surface area (Å²) >= 11 is 0. The molecule has 2 unspecified atom stereocenters. The Bertz CT molecular complexity index is 264. The lowest BCUT2D eigenvalue weighted by atomic mass is 10.3. The topological polar surface area (TPSA) is 80.7 Å². The zero-order valence-corrected chi connectivity index (χ0v) is 10.4. The number of ether oxygens (including phenoxy) is 1. The molecule has 16 heavy (non-hydrogen) atoms. The van der Waals surface area contributed by atoms with E-state index in [-0.39, 0.29) is 24.0 Å². The molecule has 0 saturated carbocycles. The Labute approximate surface area is 97.6 Å². The summed E-state index contributed by atoms with van der Waals surface area (Å²) in [5, 5.41) is 8.37. The second-order valence-corrected chi connectivity index (χ2v) is 5.07. The summed E-state index contributed by atoms with van der Waals surface area (Å²) < 4.78 is 16.3. The monoisotopic (exact) mass is 250 g/mol. The van der Waals surface area contributed by atoms with Crippen molar-refractivity contribution in [1.82, 2.24) is 0 Å². The van der Waals surface area contributed by atoms with Crippen LogP contribution in [0.4, 0.5) is 0 Å². The summed E-state index contributed by atoms with van der Waals surface area (Å²) in [6.07, 6.45) is 0.853. The van der Waals surface area contributed by atoms with Crippen molar-refractivity contribution in [3.05, 3.63) is 0 Å². The van der Waals surface area contributed by atoms with E-state index in [2.05, 4.69) is 0 Å². The largest absolute Gasteiger partial charge is 0.481 e. The molecule has 0 aliphatic rings. The van der Waals surface area contributed by atoms with Crippen LogP contribution < -0.4 is 0 Å². The maximum Gasteiger partial charge on any atom is 0.318 e. The van der Waals surface area contributed by atoms with Crippen molar-refractivity contribution in [1.29, 1.82) is 0 Å². The van der Waals surface area contributed by atoms with Crippen molar-refractivity contribution in [3.8, 4) is 0 Å². The molecule has 0 saturated heterocycles. The van der Waals surface area contributed by atoms with Gasteiger partial charge in [-0.1, -0.05) is 6.92 Å². The smallest absolute Gasteiger partial charge is 0.318 e. The van der Waals surface area contributed by atoms with Crippen LogP contribution in [-0.4, -0.2) is 38.9 Å². The van der Waals surface area contributed by atoms with E-state index in [4.69, 9.17) is 9.84 Å². The summed E-state index contributed by atoms with van der Waals surface area (Å²) in [5.41, 5.74) is 0. The van der Waals surface area contributed by atoms with E-state index in [9.17, 15) is 13.8 Å². The molecule has 0 aliphatic carbocycles. The molecule has 0 spiro atoms. The standard InChI is InChI=1S/C10H18O5S/c1-3-8(2)15-10(13)7-16(14)6-4-5-9(11)12/h8H,3-7H2,1-2H3,(H,11,12). The minimum Gasteiger partial charge on any atom is -0.481 e. The van der Waals surface area contributed by atoms with Gasteiger partial charge in [-0.05, 0) is 19.8 Å². The Hall–Kier alpha value is -0.910. The highest BCUT2D eigenvalue weighted by molar-refractivity contribution is 7.85. The summed E-state index contributed by atoms with van der Waals surface area (Å²) in [6, 6.07) is 0. The van der Waals surface area contributed by atoms with Gasteiger partial charge in [-0.15, -0.1) is 0 Å². The normalized spacial score (nSPS) is 14.1. The average Bonchev–Trinajstić information content (AvgIpc) is 2.16. The Balaban J connectivity index is 3.70. The van der Waals surface area contributed by atoms with E-state index in [1.807, 2.05) is 6.92 Å². The summed E-state index contributed by atoms with van der Waals surface area (Å²) in [4.78, 5) is 21.4. The van der Waals surface area contributed by atoms with Crippen molar-refractivity contribution in [2.24, 2.45) is 0 Å². The van der Waals surface area contributed by atoms with Crippen LogP contribution in [0, 0.1) is 0 Å². The highest BCUT2D eigenvalue weighted by Gasteiger charge is 2.12. The number of carbonyl (C=O) groups excluding carboxylic acids is 1. The van der Waals surface area contributed by atoms with Gasteiger partial charge in [-0.25, -0.2) is 0 Å². The molecule has 0 aromatic heterocycles. The first-order valence-corrected chi connectivity index (χ1v) is 6.70. The van der Waals surface area contributed by atoms with Crippen molar-refractivity contribution in [2.75, 3.05) is 11.5 Å². The van der Waals surface area contributed by atoms with Gasteiger partial charge in [0.1, 0.15) is 5.75 Å². The Morgan fingerprint density at radius 2 is 2.06 bits per heavy atom. The van der Waals surface area contributed by atoms with Crippen molar-refractivity contribution < 1.29 is 23.6 Å². The van der Waals surface area contributed by atoms with Gasteiger partial charge < -0.3 is 9.84 Å². The molecule has 0 fully saturated rings. The summed E-state index contributed by atoms with van der Waals surface area (Å²) in [7, 11) is -1.32. The van der Waals surface area contributed by atoms with E-state index in [1.165, 1.54) is 0 Å². The van der Waals surface area contributed by atoms with Gasteiger partial charge >= 0.3 is 11.9 Å². The molecular weight excluding hydrogens is 232 g/mol. The zero-order valence-electron chi connectivity index (χ0n) is 9.60. The lowest BCUT2D eigenvalue weighted by molar-refractivity contribution is -0.145. The van der Waals surface area contributed by atoms with Crippen molar-refractivity contribution in [2.45, 2.75) is 39.2 Å². The minimum absolute atomic E-state index is 0.0217. The van der Waals surface area contributed by atoms with E-state index < -0.39 is 22.7 Å². The number of carboxylic acid groups (broad SMARTS) is 1. The molecule has 0 aromatic rings. The maximum atomic E-state index is 11.3. The Morgan fingerprint density at radius 1 is 1.44 bits per heavy atom. The highest BCUT2D eigenvalue weighted by atomic mass is 32.2. The maximum absolute atomic E-state index is 11.3.